The van der Waals surface area contributed by atoms with Crippen LogP contribution in [-0.4, -0.2) is 64.9 Å². The molecule has 170 valence electrons. The maximum Gasteiger partial charge on any atom is 0.415 e. The molecular weight excluding hydrogens is 416 g/mol. The Morgan fingerprint density at radius 3 is 2.56 bits per heavy atom. The van der Waals surface area contributed by atoms with Crippen molar-refractivity contribution < 1.29 is 23.8 Å². The van der Waals surface area contributed by atoms with Crippen molar-refractivity contribution in [1.82, 2.24) is 19.6 Å². The summed E-state index contributed by atoms with van der Waals surface area (Å²) in [6, 6.07) is 6.82. The minimum Gasteiger partial charge on any atom is -0.481 e. The van der Waals surface area contributed by atoms with E-state index in [4.69, 9.17) is 14.2 Å². The lowest BCUT2D eigenvalue weighted by Gasteiger charge is -2.25. The number of amides is 1. The maximum absolute atomic E-state index is 12.7. The van der Waals surface area contributed by atoms with E-state index in [0.717, 1.165) is 0 Å². The monoisotopic (exact) mass is 442 g/mol. The minimum absolute atomic E-state index is 0.130. The number of anilines is 3. The van der Waals surface area contributed by atoms with Gasteiger partial charge in [0.15, 0.2) is 11.4 Å². The molecule has 0 aliphatic rings. The summed E-state index contributed by atoms with van der Waals surface area (Å²) in [6.07, 6.45) is 0.805. The number of nitrogens with one attached hydrogen (secondary N) is 1. The van der Waals surface area contributed by atoms with E-state index in [1.807, 2.05) is 0 Å². The van der Waals surface area contributed by atoms with E-state index in [9.17, 15) is 9.59 Å². The van der Waals surface area contributed by atoms with E-state index in [0.29, 0.717) is 23.3 Å². The number of ether oxygens (including phenoxy) is 3. The van der Waals surface area contributed by atoms with Gasteiger partial charge in [-0.25, -0.2) is 9.78 Å². The summed E-state index contributed by atoms with van der Waals surface area (Å²) < 4.78 is 17.0. The highest BCUT2D eigenvalue weighted by Gasteiger charge is 2.25. The predicted octanol–water partition coefficient (Wildman–Crippen LogP) is 3.08. The van der Waals surface area contributed by atoms with Gasteiger partial charge in [-0.3, -0.25) is 9.69 Å². The van der Waals surface area contributed by atoms with Crippen molar-refractivity contribution >= 4 is 35.0 Å². The van der Waals surface area contributed by atoms with Gasteiger partial charge in [-0.05, 0) is 26.8 Å². The Labute approximate surface area is 185 Å². The second-order valence-electron chi connectivity index (χ2n) is 7.88. The van der Waals surface area contributed by atoms with E-state index < -0.39 is 11.7 Å². The van der Waals surface area contributed by atoms with Crippen LogP contribution in [0.25, 0.3) is 5.65 Å². The van der Waals surface area contributed by atoms with Gasteiger partial charge in [0.1, 0.15) is 29.7 Å². The van der Waals surface area contributed by atoms with Crippen LogP contribution in [0.4, 0.5) is 22.2 Å². The third-order valence-corrected chi connectivity index (χ3v) is 4.23. The lowest BCUT2D eigenvalue weighted by Crippen LogP contribution is -2.35. The van der Waals surface area contributed by atoms with E-state index in [2.05, 4.69) is 20.4 Å². The Morgan fingerprint density at radius 1 is 1.16 bits per heavy atom. The van der Waals surface area contributed by atoms with Gasteiger partial charge in [0.05, 0.1) is 18.9 Å². The first-order valence-corrected chi connectivity index (χ1v) is 9.78. The summed E-state index contributed by atoms with van der Waals surface area (Å²) in [6.45, 7) is 5.20. The second-order valence-corrected chi connectivity index (χ2v) is 7.88. The molecule has 0 saturated heterocycles. The van der Waals surface area contributed by atoms with Crippen molar-refractivity contribution in [1.29, 1.82) is 0 Å². The number of Topliss-reactive ketones (excluding diaryl/α,β-unsaturated/α-hetero) is 1. The molecule has 1 amide bonds. The molecule has 3 aromatic rings. The van der Waals surface area contributed by atoms with Gasteiger partial charge < -0.3 is 19.5 Å². The van der Waals surface area contributed by atoms with Crippen LogP contribution in [0.5, 0.6) is 5.88 Å². The van der Waals surface area contributed by atoms with E-state index in [-0.39, 0.29) is 23.6 Å². The average Bonchev–Trinajstić information content (AvgIpc) is 3.15. The molecule has 11 nitrogen and oxygen atoms in total. The highest BCUT2D eigenvalue weighted by molar-refractivity contribution is 6.02. The normalized spacial score (nSPS) is 11.3. The molecule has 0 saturated carbocycles. The molecule has 0 spiro atoms. The van der Waals surface area contributed by atoms with Crippen LogP contribution in [0, 0.1) is 0 Å². The first-order valence-electron chi connectivity index (χ1n) is 9.78. The third-order valence-electron chi connectivity index (χ3n) is 4.23. The zero-order valence-corrected chi connectivity index (χ0v) is 18.9. The van der Waals surface area contributed by atoms with Gasteiger partial charge in [0.25, 0.3) is 0 Å². The smallest absolute Gasteiger partial charge is 0.415 e. The Balaban J connectivity index is 2.09. The fourth-order valence-electron chi connectivity index (χ4n) is 2.81. The van der Waals surface area contributed by atoms with Gasteiger partial charge in [0.2, 0.25) is 5.88 Å². The molecule has 0 aromatic carbocycles. The van der Waals surface area contributed by atoms with Gasteiger partial charge in [-0.1, -0.05) is 6.07 Å². The number of ketones is 1. The molecule has 0 fully saturated rings. The van der Waals surface area contributed by atoms with Crippen molar-refractivity contribution in [2.75, 3.05) is 38.1 Å². The van der Waals surface area contributed by atoms with Gasteiger partial charge in [0, 0.05) is 26.3 Å². The number of methoxy groups -OCH3 is 2. The molecule has 0 unspecified atom stereocenters. The summed E-state index contributed by atoms with van der Waals surface area (Å²) in [5, 5.41) is 7.34. The topological polar surface area (TPSA) is 120 Å². The standard InChI is InChI=1S/C21H26N6O5/c1-21(2,3)32-20(29)26(4)18-10-16(23-15-8-7-9-17(24-15)31-6)25-19-13(11-22-27(18)19)14(28)12-30-5/h7-11H,12H2,1-6H3,(H,23,24,25). The van der Waals surface area contributed by atoms with Crippen molar-refractivity contribution in [3.8, 4) is 5.88 Å². The highest BCUT2D eigenvalue weighted by atomic mass is 16.6. The Kier molecular flexibility index (Phi) is 6.58. The molecule has 0 aliphatic carbocycles. The van der Waals surface area contributed by atoms with E-state index in [1.165, 1.54) is 29.8 Å². The third kappa shape index (κ3) is 5.11. The summed E-state index contributed by atoms with van der Waals surface area (Å²) in [4.78, 5) is 35.3. The lowest BCUT2D eigenvalue weighted by atomic mass is 10.2. The molecule has 3 rings (SSSR count). The zero-order valence-electron chi connectivity index (χ0n) is 18.9. The summed E-state index contributed by atoms with van der Waals surface area (Å²) in [5.74, 6) is 1.28. The van der Waals surface area contributed by atoms with Crippen LogP contribution < -0.4 is 15.0 Å². The Morgan fingerprint density at radius 2 is 1.91 bits per heavy atom. The Bertz CT molecular complexity index is 1140. The van der Waals surface area contributed by atoms with Crippen molar-refractivity contribution in [3.05, 3.63) is 36.0 Å². The number of pyridine rings is 1. The van der Waals surface area contributed by atoms with Crippen LogP contribution in [0.2, 0.25) is 0 Å². The first-order chi connectivity index (χ1) is 15.1. The molecule has 3 heterocycles. The fourth-order valence-corrected chi connectivity index (χ4v) is 2.81. The molecule has 0 aliphatic heterocycles. The van der Waals surface area contributed by atoms with E-state index >= 15 is 0 Å². The summed E-state index contributed by atoms with van der Waals surface area (Å²) in [5.41, 5.74) is -0.175. The summed E-state index contributed by atoms with van der Waals surface area (Å²) in [7, 11) is 4.50. The van der Waals surface area contributed by atoms with Crippen LogP contribution in [0.1, 0.15) is 31.1 Å². The van der Waals surface area contributed by atoms with Crippen LogP contribution in [-0.2, 0) is 9.47 Å². The van der Waals surface area contributed by atoms with Crippen molar-refractivity contribution in [2.24, 2.45) is 0 Å². The number of nitrogens with zero attached hydrogens (tertiary/aromatic N) is 5. The number of hydrogen-bond donors (Lipinski definition) is 1. The Hall–Kier alpha value is -3.73. The molecule has 0 radical (unpaired) electrons. The molecule has 0 atom stereocenters. The first kappa shape index (κ1) is 22.9. The molecule has 3 aromatic heterocycles. The molecule has 0 bridgehead atoms. The van der Waals surface area contributed by atoms with Gasteiger partial charge in [-0.15, -0.1) is 0 Å². The molecule has 11 heteroatoms. The van der Waals surface area contributed by atoms with Crippen LogP contribution in [0.15, 0.2) is 30.5 Å². The highest BCUT2D eigenvalue weighted by Crippen LogP contribution is 2.25. The van der Waals surface area contributed by atoms with Gasteiger partial charge >= 0.3 is 6.09 Å². The van der Waals surface area contributed by atoms with Crippen molar-refractivity contribution in [3.63, 3.8) is 0 Å². The van der Waals surface area contributed by atoms with Crippen molar-refractivity contribution in [2.45, 2.75) is 26.4 Å². The zero-order chi connectivity index (χ0) is 23.5. The van der Waals surface area contributed by atoms with E-state index in [1.54, 1.807) is 52.1 Å². The maximum atomic E-state index is 12.7. The SMILES string of the molecule is COCC(=O)c1cnn2c(N(C)C(=O)OC(C)(C)C)cc(Nc3cccc(OC)n3)nc12. The number of hydrogen-bond acceptors (Lipinski definition) is 9. The number of carbonyl (C=O) groups excluding carboxylic acids is 2. The number of fused-ring (bicyclic) bond motifs is 1. The number of carbonyl (C=O) groups is 2. The van der Waals surface area contributed by atoms with Crippen LogP contribution in [0.3, 0.4) is 0 Å². The lowest BCUT2D eigenvalue weighted by molar-refractivity contribution is 0.0587. The summed E-state index contributed by atoms with van der Waals surface area (Å²) >= 11 is 0. The fraction of sp³-hybridized carbons (Fsp3) is 0.381. The molecular formula is C21H26N6O5. The largest absolute Gasteiger partial charge is 0.481 e. The number of aromatic nitrogens is 4. The number of rotatable bonds is 7. The second kappa shape index (κ2) is 9.18. The van der Waals surface area contributed by atoms with Gasteiger partial charge in [-0.2, -0.15) is 14.6 Å². The minimum atomic E-state index is -0.688. The van der Waals surface area contributed by atoms with Crippen LogP contribution >= 0.6 is 0 Å². The quantitative estimate of drug-likeness (QED) is 0.550. The molecule has 1 N–H and O–H groups in total. The molecule has 32 heavy (non-hydrogen) atoms. The average molecular weight is 442 g/mol. The predicted molar refractivity (Wildman–Crippen MR) is 118 cm³/mol.